The highest BCUT2D eigenvalue weighted by molar-refractivity contribution is 6.02. The Balaban J connectivity index is 1.12. The van der Waals surface area contributed by atoms with Crippen LogP contribution in [0.5, 0.6) is 0 Å². The number of piperazine rings is 1. The number of carboxylic acids is 1. The first kappa shape index (κ1) is 28.7. The van der Waals surface area contributed by atoms with Gasteiger partial charge < -0.3 is 20.1 Å². The van der Waals surface area contributed by atoms with Gasteiger partial charge in [0.05, 0.1) is 17.3 Å². The largest absolute Gasteiger partial charge is 0.478 e. The Morgan fingerprint density at radius 3 is 2.07 bits per heavy atom. The first-order valence-electron chi connectivity index (χ1n) is 13.8. The number of ether oxygens (including phenoxy) is 1. The van der Waals surface area contributed by atoms with Crippen LogP contribution in [-0.4, -0.2) is 77.1 Å². The van der Waals surface area contributed by atoms with Gasteiger partial charge in [-0.3, -0.25) is 19.5 Å². The third kappa shape index (κ3) is 7.06. The standard InChI is InChI=1S/C33H32N4O5/c38-30(35-29-14-13-26(20-28(29)33(40)41)27-12-7-15-34-21-27)22-42-23-31(39)36-16-18-37(19-17-36)32(24-8-3-1-4-9-24)25-10-5-2-6-11-25/h1-15,20-21,32H,16-19,22-23H2,(H,35,38)(H,40,41). The number of nitrogens with one attached hydrogen (secondary N) is 1. The van der Waals surface area contributed by atoms with Crippen molar-refractivity contribution in [2.75, 3.05) is 44.7 Å². The van der Waals surface area contributed by atoms with E-state index in [0.29, 0.717) is 31.7 Å². The normalized spacial score (nSPS) is 13.6. The highest BCUT2D eigenvalue weighted by Gasteiger charge is 2.28. The predicted molar refractivity (Wildman–Crippen MR) is 159 cm³/mol. The molecular weight excluding hydrogens is 532 g/mol. The van der Waals surface area contributed by atoms with Crippen molar-refractivity contribution in [2.45, 2.75) is 6.04 Å². The van der Waals surface area contributed by atoms with Gasteiger partial charge in [-0.2, -0.15) is 0 Å². The summed E-state index contributed by atoms with van der Waals surface area (Å²) in [5, 5.41) is 12.3. The number of aromatic nitrogens is 1. The van der Waals surface area contributed by atoms with Crippen molar-refractivity contribution in [3.05, 3.63) is 120 Å². The molecule has 42 heavy (non-hydrogen) atoms. The number of hydrogen-bond acceptors (Lipinski definition) is 6. The molecule has 9 nitrogen and oxygen atoms in total. The maximum atomic E-state index is 12.8. The number of carbonyl (C=O) groups is 3. The first-order valence-corrected chi connectivity index (χ1v) is 13.8. The molecule has 0 atom stereocenters. The first-order chi connectivity index (χ1) is 20.5. The summed E-state index contributed by atoms with van der Waals surface area (Å²) < 4.78 is 5.42. The van der Waals surface area contributed by atoms with Crippen LogP contribution in [0, 0.1) is 0 Å². The van der Waals surface area contributed by atoms with Crippen LogP contribution >= 0.6 is 0 Å². The van der Waals surface area contributed by atoms with Crippen molar-refractivity contribution in [1.82, 2.24) is 14.8 Å². The Bertz CT molecular complexity index is 1470. The molecular formula is C33H32N4O5. The van der Waals surface area contributed by atoms with Crippen LogP contribution in [0.3, 0.4) is 0 Å². The molecule has 1 aliphatic heterocycles. The van der Waals surface area contributed by atoms with Crippen LogP contribution in [0.2, 0.25) is 0 Å². The molecule has 2 heterocycles. The van der Waals surface area contributed by atoms with Crippen LogP contribution in [-0.2, 0) is 14.3 Å². The van der Waals surface area contributed by atoms with Crippen molar-refractivity contribution in [2.24, 2.45) is 0 Å². The minimum absolute atomic E-state index is 0.0528. The summed E-state index contributed by atoms with van der Waals surface area (Å²) in [5.41, 5.74) is 3.93. The van der Waals surface area contributed by atoms with Gasteiger partial charge in [0.2, 0.25) is 11.8 Å². The molecule has 1 fully saturated rings. The van der Waals surface area contributed by atoms with Gasteiger partial charge in [0.15, 0.2) is 0 Å². The summed E-state index contributed by atoms with van der Waals surface area (Å²) in [6.45, 7) is 1.89. The topological polar surface area (TPSA) is 112 Å². The molecule has 2 amide bonds. The number of hydrogen-bond donors (Lipinski definition) is 2. The van der Waals surface area contributed by atoms with Gasteiger partial charge in [-0.05, 0) is 34.9 Å². The lowest BCUT2D eigenvalue weighted by atomic mass is 9.96. The number of nitrogens with zero attached hydrogens (tertiary/aromatic N) is 3. The molecule has 3 aromatic carbocycles. The maximum absolute atomic E-state index is 12.8. The van der Waals surface area contributed by atoms with Gasteiger partial charge in [0.25, 0.3) is 0 Å². The fourth-order valence-electron chi connectivity index (χ4n) is 5.17. The minimum Gasteiger partial charge on any atom is -0.478 e. The second kappa shape index (κ2) is 13.7. The minimum atomic E-state index is -1.17. The Hall–Kier alpha value is -4.86. The molecule has 2 N–H and O–H groups in total. The average Bonchev–Trinajstić information content (AvgIpc) is 3.03. The van der Waals surface area contributed by atoms with Gasteiger partial charge in [0.1, 0.15) is 13.2 Å². The van der Waals surface area contributed by atoms with E-state index in [2.05, 4.69) is 39.5 Å². The van der Waals surface area contributed by atoms with E-state index in [4.69, 9.17) is 4.74 Å². The van der Waals surface area contributed by atoms with Gasteiger partial charge in [-0.15, -0.1) is 0 Å². The van der Waals surface area contributed by atoms with Crippen molar-refractivity contribution in [1.29, 1.82) is 0 Å². The summed E-state index contributed by atoms with van der Waals surface area (Å²) in [4.78, 5) is 45.4. The average molecular weight is 565 g/mol. The van der Waals surface area contributed by atoms with Crippen LogP contribution < -0.4 is 5.32 Å². The maximum Gasteiger partial charge on any atom is 0.337 e. The Labute approximate surface area is 244 Å². The summed E-state index contributed by atoms with van der Waals surface area (Å²) in [5.74, 6) is -1.91. The number of aromatic carboxylic acids is 1. The SMILES string of the molecule is O=C(COCC(=O)N1CCN(C(c2ccccc2)c2ccccc2)CC1)Nc1ccc(-c2cccnc2)cc1C(=O)O. The lowest BCUT2D eigenvalue weighted by Gasteiger charge is -2.39. The fourth-order valence-corrected chi connectivity index (χ4v) is 5.17. The van der Waals surface area contributed by atoms with Crippen LogP contribution in [0.1, 0.15) is 27.5 Å². The van der Waals surface area contributed by atoms with E-state index in [0.717, 1.165) is 5.56 Å². The number of carbonyl (C=O) groups excluding carboxylic acids is 2. The molecule has 0 spiro atoms. The number of amides is 2. The molecule has 1 aliphatic rings. The molecule has 9 heteroatoms. The molecule has 0 bridgehead atoms. The van der Waals surface area contributed by atoms with Gasteiger partial charge >= 0.3 is 5.97 Å². The number of carboxylic acid groups (broad SMARTS) is 1. The van der Waals surface area contributed by atoms with E-state index >= 15 is 0 Å². The summed E-state index contributed by atoms with van der Waals surface area (Å²) >= 11 is 0. The lowest BCUT2D eigenvalue weighted by molar-refractivity contribution is -0.139. The summed E-state index contributed by atoms with van der Waals surface area (Å²) in [6.07, 6.45) is 3.27. The van der Waals surface area contributed by atoms with E-state index in [1.807, 2.05) is 42.5 Å². The third-order valence-corrected chi connectivity index (χ3v) is 7.24. The monoisotopic (exact) mass is 564 g/mol. The highest BCUT2D eigenvalue weighted by atomic mass is 16.5. The quantitative estimate of drug-likeness (QED) is 0.295. The van der Waals surface area contributed by atoms with Gasteiger partial charge in [0, 0.05) is 44.1 Å². The molecule has 4 aromatic rings. The van der Waals surface area contributed by atoms with Crippen molar-refractivity contribution in [3.8, 4) is 11.1 Å². The second-order valence-corrected chi connectivity index (χ2v) is 9.99. The molecule has 1 saturated heterocycles. The Kier molecular flexibility index (Phi) is 9.33. The lowest BCUT2D eigenvalue weighted by Crippen LogP contribution is -2.50. The van der Waals surface area contributed by atoms with Gasteiger partial charge in [-0.1, -0.05) is 72.8 Å². The zero-order chi connectivity index (χ0) is 29.3. The summed E-state index contributed by atoms with van der Waals surface area (Å²) in [6, 6.07) is 29.1. The molecule has 5 rings (SSSR count). The Morgan fingerprint density at radius 2 is 1.48 bits per heavy atom. The van der Waals surface area contributed by atoms with Crippen molar-refractivity contribution >= 4 is 23.5 Å². The Morgan fingerprint density at radius 1 is 0.810 bits per heavy atom. The van der Waals surface area contributed by atoms with E-state index in [1.54, 1.807) is 29.4 Å². The highest BCUT2D eigenvalue weighted by Crippen LogP contribution is 2.29. The van der Waals surface area contributed by atoms with Crippen molar-refractivity contribution in [3.63, 3.8) is 0 Å². The van der Waals surface area contributed by atoms with E-state index in [1.165, 1.54) is 23.3 Å². The predicted octanol–water partition coefficient (Wildman–Crippen LogP) is 4.34. The van der Waals surface area contributed by atoms with E-state index in [-0.39, 0.29) is 36.4 Å². The smallest absolute Gasteiger partial charge is 0.337 e. The van der Waals surface area contributed by atoms with E-state index in [9.17, 15) is 19.5 Å². The number of pyridine rings is 1. The molecule has 214 valence electrons. The number of rotatable bonds is 10. The molecule has 0 radical (unpaired) electrons. The summed E-state index contributed by atoms with van der Waals surface area (Å²) in [7, 11) is 0. The number of benzene rings is 3. The fraction of sp³-hybridized carbons (Fsp3) is 0.212. The van der Waals surface area contributed by atoms with Gasteiger partial charge in [-0.25, -0.2) is 4.79 Å². The second-order valence-electron chi connectivity index (χ2n) is 9.99. The molecule has 0 saturated carbocycles. The molecule has 0 aliphatic carbocycles. The van der Waals surface area contributed by atoms with Crippen LogP contribution in [0.15, 0.2) is 103 Å². The van der Waals surface area contributed by atoms with Crippen LogP contribution in [0.4, 0.5) is 5.69 Å². The van der Waals surface area contributed by atoms with E-state index < -0.39 is 11.9 Å². The van der Waals surface area contributed by atoms with Crippen LogP contribution in [0.25, 0.3) is 11.1 Å². The molecule has 1 aromatic heterocycles. The number of anilines is 1. The third-order valence-electron chi connectivity index (χ3n) is 7.24. The van der Waals surface area contributed by atoms with Crippen molar-refractivity contribution < 1.29 is 24.2 Å². The zero-order valence-electron chi connectivity index (χ0n) is 23.1. The molecule has 0 unspecified atom stereocenters. The zero-order valence-corrected chi connectivity index (χ0v) is 23.1.